The van der Waals surface area contributed by atoms with Gasteiger partial charge in [-0.05, 0) is 47.1 Å². The molecule has 0 aromatic heterocycles. The molecule has 2 rings (SSSR count). The normalized spacial score (nSPS) is 30.3. The first-order chi connectivity index (χ1) is 8.19. The van der Waals surface area contributed by atoms with Crippen LogP contribution in [0.3, 0.4) is 0 Å². The number of hydrogen-bond acceptors (Lipinski definition) is 0. The molecular weight excluding hydrogens is 216 g/mol. The summed E-state index contributed by atoms with van der Waals surface area (Å²) in [6.45, 7) is 16.7. The number of fused-ring (bicyclic) bond motifs is 1. The van der Waals surface area contributed by atoms with Crippen LogP contribution in [-0.4, -0.2) is 0 Å². The molecule has 0 N–H and O–H groups in total. The third kappa shape index (κ3) is 1.81. The minimum Gasteiger partial charge on any atom is -0.0619 e. The maximum Gasteiger partial charge on any atom is -0.00233 e. The molecule has 2 unspecified atom stereocenters. The van der Waals surface area contributed by atoms with Crippen molar-refractivity contribution >= 4 is 0 Å². The van der Waals surface area contributed by atoms with Crippen LogP contribution in [0.1, 0.15) is 64.7 Å². The zero-order chi connectivity index (χ0) is 13.7. The highest BCUT2D eigenvalue weighted by atomic mass is 14.5. The smallest absolute Gasteiger partial charge is 0.00233 e. The summed E-state index contributed by atoms with van der Waals surface area (Å²) in [6, 6.07) is 7.08. The second-order valence-corrected chi connectivity index (χ2v) is 7.48. The van der Waals surface area contributed by atoms with E-state index in [9.17, 15) is 0 Å². The second kappa shape index (κ2) is 4.11. The van der Waals surface area contributed by atoms with E-state index in [2.05, 4.69) is 66.7 Å². The molecule has 0 aliphatic heterocycles. The van der Waals surface area contributed by atoms with Crippen molar-refractivity contribution in [1.29, 1.82) is 0 Å². The minimum atomic E-state index is 0.316. The molecule has 0 amide bonds. The average molecular weight is 244 g/mol. The Labute approximate surface area is 113 Å². The summed E-state index contributed by atoms with van der Waals surface area (Å²) >= 11 is 0. The van der Waals surface area contributed by atoms with Gasteiger partial charge < -0.3 is 0 Å². The van der Waals surface area contributed by atoms with Gasteiger partial charge in [-0.15, -0.1) is 0 Å². The van der Waals surface area contributed by atoms with Gasteiger partial charge >= 0.3 is 0 Å². The van der Waals surface area contributed by atoms with Gasteiger partial charge in [0.15, 0.2) is 0 Å². The first-order valence-corrected chi connectivity index (χ1v) is 7.31. The third-order valence-electron chi connectivity index (χ3n) is 5.52. The first kappa shape index (κ1) is 13.6. The van der Waals surface area contributed by atoms with Crippen molar-refractivity contribution in [2.45, 2.75) is 65.7 Å². The molecule has 0 nitrogen and oxygen atoms in total. The summed E-state index contributed by atoms with van der Waals surface area (Å²) in [5.41, 5.74) is 5.20. The lowest BCUT2D eigenvalue weighted by Crippen LogP contribution is -2.45. The van der Waals surface area contributed by atoms with Crippen molar-refractivity contribution in [1.82, 2.24) is 0 Å². The van der Waals surface area contributed by atoms with Crippen molar-refractivity contribution in [2.24, 2.45) is 11.8 Å². The van der Waals surface area contributed by atoms with Crippen molar-refractivity contribution in [3.8, 4) is 0 Å². The van der Waals surface area contributed by atoms with E-state index in [-0.39, 0.29) is 0 Å². The molecule has 0 heterocycles. The SMILES string of the molecule is Cc1ccc2c(c1)C(C)(C(C)C)C(C)CC2(C)C. The van der Waals surface area contributed by atoms with Gasteiger partial charge in [0, 0.05) is 0 Å². The van der Waals surface area contributed by atoms with Gasteiger partial charge in [0.25, 0.3) is 0 Å². The Balaban J connectivity index is 2.71. The number of aryl methyl sites for hydroxylation is 1. The van der Waals surface area contributed by atoms with Gasteiger partial charge in [-0.25, -0.2) is 0 Å². The lowest BCUT2D eigenvalue weighted by molar-refractivity contribution is 0.163. The number of benzene rings is 1. The third-order valence-corrected chi connectivity index (χ3v) is 5.52. The fourth-order valence-corrected chi connectivity index (χ4v) is 3.93. The van der Waals surface area contributed by atoms with Crippen LogP contribution in [-0.2, 0) is 10.8 Å². The van der Waals surface area contributed by atoms with Gasteiger partial charge in [-0.1, -0.05) is 65.3 Å². The van der Waals surface area contributed by atoms with E-state index in [0.29, 0.717) is 16.7 Å². The molecule has 1 aromatic carbocycles. The van der Waals surface area contributed by atoms with Gasteiger partial charge in [-0.3, -0.25) is 0 Å². The quantitative estimate of drug-likeness (QED) is 0.635. The Bertz CT molecular complexity index is 453. The molecule has 1 aromatic rings. The van der Waals surface area contributed by atoms with Crippen LogP contribution in [0.2, 0.25) is 0 Å². The first-order valence-electron chi connectivity index (χ1n) is 7.31. The maximum absolute atomic E-state index is 2.47. The molecule has 0 spiro atoms. The summed E-state index contributed by atoms with van der Waals surface area (Å²) in [7, 11) is 0. The summed E-state index contributed by atoms with van der Waals surface area (Å²) in [5, 5.41) is 0. The Kier molecular flexibility index (Phi) is 3.12. The molecule has 100 valence electrons. The summed E-state index contributed by atoms with van der Waals surface area (Å²) in [5.74, 6) is 1.42. The molecule has 1 aliphatic rings. The molecule has 0 saturated heterocycles. The Hall–Kier alpha value is -0.780. The van der Waals surface area contributed by atoms with Crippen LogP contribution in [0.25, 0.3) is 0 Å². The van der Waals surface area contributed by atoms with Gasteiger partial charge in [-0.2, -0.15) is 0 Å². The van der Waals surface area contributed by atoms with Crippen LogP contribution in [0, 0.1) is 18.8 Å². The maximum atomic E-state index is 2.47. The van der Waals surface area contributed by atoms with E-state index in [0.717, 1.165) is 5.92 Å². The number of rotatable bonds is 1. The van der Waals surface area contributed by atoms with Crippen LogP contribution >= 0.6 is 0 Å². The molecular formula is C18H28. The minimum absolute atomic E-state index is 0.316. The average Bonchev–Trinajstić information content (AvgIpc) is 2.24. The summed E-state index contributed by atoms with van der Waals surface area (Å²) in [6.07, 6.45) is 1.29. The Morgan fingerprint density at radius 2 is 1.72 bits per heavy atom. The van der Waals surface area contributed by atoms with Gasteiger partial charge in [0.1, 0.15) is 0 Å². The predicted octanol–water partition coefficient (Wildman–Crippen LogP) is 5.23. The zero-order valence-electron chi connectivity index (χ0n) is 13.1. The summed E-state index contributed by atoms with van der Waals surface area (Å²) in [4.78, 5) is 0. The van der Waals surface area contributed by atoms with E-state index in [1.807, 2.05) is 0 Å². The second-order valence-electron chi connectivity index (χ2n) is 7.48. The summed E-state index contributed by atoms with van der Waals surface area (Å²) < 4.78 is 0. The Morgan fingerprint density at radius 3 is 2.28 bits per heavy atom. The predicted molar refractivity (Wildman–Crippen MR) is 80.2 cm³/mol. The van der Waals surface area contributed by atoms with Gasteiger partial charge in [0.2, 0.25) is 0 Å². The van der Waals surface area contributed by atoms with E-state index in [4.69, 9.17) is 0 Å². The fourth-order valence-electron chi connectivity index (χ4n) is 3.93. The molecule has 18 heavy (non-hydrogen) atoms. The van der Waals surface area contributed by atoms with Crippen LogP contribution in [0.4, 0.5) is 0 Å². The van der Waals surface area contributed by atoms with Crippen molar-refractivity contribution in [2.75, 3.05) is 0 Å². The largest absolute Gasteiger partial charge is 0.0619 e. The van der Waals surface area contributed by atoms with E-state index < -0.39 is 0 Å². The molecule has 2 atom stereocenters. The van der Waals surface area contributed by atoms with Crippen LogP contribution < -0.4 is 0 Å². The molecule has 0 saturated carbocycles. The van der Waals surface area contributed by atoms with E-state index in [1.165, 1.54) is 12.0 Å². The Morgan fingerprint density at radius 1 is 1.11 bits per heavy atom. The van der Waals surface area contributed by atoms with E-state index >= 15 is 0 Å². The highest BCUT2D eigenvalue weighted by Gasteiger charge is 2.46. The lowest BCUT2D eigenvalue weighted by atomic mass is 9.54. The number of hydrogen-bond donors (Lipinski definition) is 0. The zero-order valence-corrected chi connectivity index (χ0v) is 13.1. The van der Waals surface area contributed by atoms with E-state index in [1.54, 1.807) is 11.1 Å². The van der Waals surface area contributed by atoms with Crippen LogP contribution in [0.5, 0.6) is 0 Å². The lowest BCUT2D eigenvalue weighted by Gasteiger charge is -2.50. The van der Waals surface area contributed by atoms with Gasteiger partial charge in [0.05, 0.1) is 0 Å². The highest BCUT2D eigenvalue weighted by molar-refractivity contribution is 5.44. The molecule has 0 bridgehead atoms. The van der Waals surface area contributed by atoms with Crippen molar-refractivity contribution in [3.05, 3.63) is 34.9 Å². The van der Waals surface area contributed by atoms with Crippen LogP contribution in [0.15, 0.2) is 18.2 Å². The van der Waals surface area contributed by atoms with Crippen molar-refractivity contribution in [3.63, 3.8) is 0 Å². The monoisotopic (exact) mass is 244 g/mol. The standard InChI is InChI=1S/C18H28/c1-12(2)18(7)14(4)11-17(5,6)15-9-8-13(3)10-16(15)18/h8-10,12,14H,11H2,1-7H3. The molecule has 1 aliphatic carbocycles. The molecule has 0 fully saturated rings. The molecule has 0 heteroatoms. The topological polar surface area (TPSA) is 0 Å². The van der Waals surface area contributed by atoms with Crippen molar-refractivity contribution < 1.29 is 0 Å². The fraction of sp³-hybridized carbons (Fsp3) is 0.667. The highest BCUT2D eigenvalue weighted by Crippen LogP contribution is 2.52. The molecule has 0 radical (unpaired) electrons.